The molecule has 2 N–H and O–H groups in total. The summed E-state index contributed by atoms with van der Waals surface area (Å²) in [5, 5.41) is 0. The standard InChI is InChI=1S/C12H25N3O2S/c1-14(9-11-4-2-5-11)18(16,17)15-7-3-6-12(8-13)10-15/h11-12H,2-10,13H2,1H3. The fourth-order valence-corrected chi connectivity index (χ4v) is 4.31. The quantitative estimate of drug-likeness (QED) is 0.800. The lowest BCUT2D eigenvalue weighted by molar-refractivity contribution is 0.229. The van der Waals surface area contributed by atoms with Crippen LogP contribution in [0.25, 0.3) is 0 Å². The Hall–Kier alpha value is -0.170. The van der Waals surface area contributed by atoms with Crippen molar-refractivity contribution < 1.29 is 8.42 Å². The molecule has 0 spiro atoms. The van der Waals surface area contributed by atoms with E-state index in [1.54, 1.807) is 11.4 Å². The normalized spacial score (nSPS) is 27.4. The zero-order valence-electron chi connectivity index (χ0n) is 11.2. The van der Waals surface area contributed by atoms with Gasteiger partial charge in [0.05, 0.1) is 0 Å². The highest BCUT2D eigenvalue weighted by molar-refractivity contribution is 7.86. The fraction of sp³-hybridized carbons (Fsp3) is 1.00. The van der Waals surface area contributed by atoms with Crippen molar-refractivity contribution in [2.24, 2.45) is 17.6 Å². The molecule has 2 aliphatic rings. The Bertz CT molecular complexity index is 368. The Kier molecular flexibility index (Phi) is 4.64. The van der Waals surface area contributed by atoms with Crippen molar-refractivity contribution in [2.45, 2.75) is 32.1 Å². The van der Waals surface area contributed by atoms with Gasteiger partial charge in [0.25, 0.3) is 10.2 Å². The van der Waals surface area contributed by atoms with Crippen molar-refractivity contribution in [3.8, 4) is 0 Å². The Morgan fingerprint density at radius 2 is 1.89 bits per heavy atom. The van der Waals surface area contributed by atoms with Crippen molar-refractivity contribution in [1.29, 1.82) is 0 Å². The molecule has 2 rings (SSSR count). The summed E-state index contributed by atoms with van der Waals surface area (Å²) in [6, 6.07) is 0. The van der Waals surface area contributed by atoms with Crippen molar-refractivity contribution in [2.75, 3.05) is 33.2 Å². The van der Waals surface area contributed by atoms with Crippen LogP contribution >= 0.6 is 0 Å². The maximum Gasteiger partial charge on any atom is 0.281 e. The van der Waals surface area contributed by atoms with E-state index in [4.69, 9.17) is 5.73 Å². The largest absolute Gasteiger partial charge is 0.330 e. The molecule has 1 unspecified atom stereocenters. The first-order valence-electron chi connectivity index (χ1n) is 6.95. The molecule has 18 heavy (non-hydrogen) atoms. The first-order chi connectivity index (χ1) is 8.54. The van der Waals surface area contributed by atoms with Crippen LogP contribution in [0.15, 0.2) is 0 Å². The number of nitrogens with zero attached hydrogens (tertiary/aromatic N) is 2. The molecule has 0 bridgehead atoms. The summed E-state index contributed by atoms with van der Waals surface area (Å²) in [5.41, 5.74) is 5.66. The van der Waals surface area contributed by atoms with Gasteiger partial charge in [-0.05, 0) is 44.1 Å². The zero-order chi connectivity index (χ0) is 13.2. The van der Waals surface area contributed by atoms with Crippen LogP contribution in [0, 0.1) is 11.8 Å². The number of piperidine rings is 1. The van der Waals surface area contributed by atoms with Gasteiger partial charge in [0.15, 0.2) is 0 Å². The van der Waals surface area contributed by atoms with Crippen LogP contribution < -0.4 is 5.73 Å². The SMILES string of the molecule is CN(CC1CCC1)S(=O)(=O)N1CCCC(CN)C1. The van der Waals surface area contributed by atoms with Crippen LogP contribution in [0.3, 0.4) is 0 Å². The second kappa shape index (κ2) is 5.86. The van der Waals surface area contributed by atoms with E-state index >= 15 is 0 Å². The van der Waals surface area contributed by atoms with Crippen LogP contribution in [0.4, 0.5) is 0 Å². The van der Waals surface area contributed by atoms with E-state index in [1.165, 1.54) is 23.6 Å². The average molecular weight is 275 g/mol. The summed E-state index contributed by atoms with van der Waals surface area (Å²) in [4.78, 5) is 0. The highest BCUT2D eigenvalue weighted by atomic mass is 32.2. The molecule has 5 nitrogen and oxygen atoms in total. The number of hydrogen-bond donors (Lipinski definition) is 1. The van der Waals surface area contributed by atoms with E-state index in [-0.39, 0.29) is 0 Å². The van der Waals surface area contributed by atoms with E-state index in [2.05, 4.69) is 0 Å². The lowest BCUT2D eigenvalue weighted by atomic mass is 9.86. The van der Waals surface area contributed by atoms with Crippen LogP contribution in [-0.2, 0) is 10.2 Å². The molecule has 0 radical (unpaired) electrons. The average Bonchev–Trinajstić information content (AvgIpc) is 2.33. The predicted molar refractivity (Wildman–Crippen MR) is 72.2 cm³/mol. The molecule has 0 aromatic heterocycles. The zero-order valence-corrected chi connectivity index (χ0v) is 12.0. The minimum absolute atomic E-state index is 0.325. The molecule has 1 heterocycles. The minimum Gasteiger partial charge on any atom is -0.330 e. The van der Waals surface area contributed by atoms with Gasteiger partial charge in [-0.1, -0.05) is 6.42 Å². The Morgan fingerprint density at radius 1 is 1.22 bits per heavy atom. The Balaban J connectivity index is 1.95. The monoisotopic (exact) mass is 275 g/mol. The summed E-state index contributed by atoms with van der Waals surface area (Å²) < 4.78 is 28.0. The van der Waals surface area contributed by atoms with Crippen molar-refractivity contribution in [3.05, 3.63) is 0 Å². The lowest BCUT2D eigenvalue weighted by Crippen LogP contribution is -2.49. The second-order valence-corrected chi connectivity index (χ2v) is 7.72. The van der Waals surface area contributed by atoms with Gasteiger partial charge in [-0.3, -0.25) is 0 Å². The molecule has 1 aliphatic heterocycles. The van der Waals surface area contributed by atoms with Gasteiger partial charge in [-0.25, -0.2) is 0 Å². The first-order valence-corrected chi connectivity index (χ1v) is 8.35. The molecular weight excluding hydrogens is 250 g/mol. The smallest absolute Gasteiger partial charge is 0.281 e. The van der Waals surface area contributed by atoms with E-state index in [1.807, 2.05) is 0 Å². The summed E-state index contributed by atoms with van der Waals surface area (Å²) >= 11 is 0. The molecule has 0 aromatic rings. The third kappa shape index (κ3) is 3.04. The van der Waals surface area contributed by atoms with Gasteiger partial charge < -0.3 is 5.73 Å². The summed E-state index contributed by atoms with van der Waals surface area (Å²) in [6.45, 7) is 2.49. The predicted octanol–water partition coefficient (Wildman–Crippen LogP) is 0.634. The third-order valence-corrected chi connectivity index (χ3v) is 6.20. The topological polar surface area (TPSA) is 66.6 Å². The van der Waals surface area contributed by atoms with Crippen molar-refractivity contribution >= 4 is 10.2 Å². The second-order valence-electron chi connectivity index (χ2n) is 5.69. The summed E-state index contributed by atoms with van der Waals surface area (Å²) in [7, 11) is -1.56. The first kappa shape index (κ1) is 14.2. The molecule has 0 aromatic carbocycles. The third-order valence-electron chi connectivity index (χ3n) is 4.28. The summed E-state index contributed by atoms with van der Waals surface area (Å²) in [6.07, 6.45) is 5.57. The Morgan fingerprint density at radius 3 is 2.44 bits per heavy atom. The number of hydrogen-bond acceptors (Lipinski definition) is 3. The molecule has 1 saturated heterocycles. The maximum absolute atomic E-state index is 12.4. The lowest BCUT2D eigenvalue weighted by Gasteiger charge is -2.36. The van der Waals surface area contributed by atoms with Gasteiger partial charge in [-0.15, -0.1) is 0 Å². The summed E-state index contributed by atoms with van der Waals surface area (Å²) in [5.74, 6) is 0.894. The van der Waals surface area contributed by atoms with E-state index in [9.17, 15) is 8.42 Å². The number of nitrogens with two attached hydrogens (primary N) is 1. The molecule has 1 atom stereocenters. The molecular formula is C12H25N3O2S. The van der Waals surface area contributed by atoms with Crippen LogP contribution in [0.5, 0.6) is 0 Å². The molecule has 1 aliphatic carbocycles. The van der Waals surface area contributed by atoms with E-state index in [0.717, 1.165) is 12.8 Å². The van der Waals surface area contributed by atoms with E-state index in [0.29, 0.717) is 38.0 Å². The molecule has 106 valence electrons. The van der Waals surface area contributed by atoms with Gasteiger partial charge in [0, 0.05) is 26.7 Å². The highest BCUT2D eigenvalue weighted by Crippen LogP contribution is 2.28. The molecule has 6 heteroatoms. The van der Waals surface area contributed by atoms with Crippen LogP contribution in [0.1, 0.15) is 32.1 Å². The van der Waals surface area contributed by atoms with Gasteiger partial charge in [-0.2, -0.15) is 17.0 Å². The van der Waals surface area contributed by atoms with Crippen molar-refractivity contribution in [1.82, 2.24) is 8.61 Å². The number of rotatable bonds is 5. The van der Waals surface area contributed by atoms with Gasteiger partial charge in [0.1, 0.15) is 0 Å². The van der Waals surface area contributed by atoms with Crippen LogP contribution in [0.2, 0.25) is 0 Å². The van der Waals surface area contributed by atoms with Gasteiger partial charge in [0.2, 0.25) is 0 Å². The minimum atomic E-state index is -3.27. The Labute approximate surface area is 110 Å². The van der Waals surface area contributed by atoms with Gasteiger partial charge >= 0.3 is 0 Å². The molecule has 1 saturated carbocycles. The maximum atomic E-state index is 12.4. The van der Waals surface area contributed by atoms with Crippen molar-refractivity contribution in [3.63, 3.8) is 0 Å². The fourth-order valence-electron chi connectivity index (χ4n) is 2.76. The van der Waals surface area contributed by atoms with Crippen LogP contribution in [-0.4, -0.2) is 50.3 Å². The molecule has 2 fully saturated rings. The van der Waals surface area contributed by atoms with E-state index < -0.39 is 10.2 Å². The molecule has 0 amide bonds. The highest BCUT2D eigenvalue weighted by Gasteiger charge is 2.33.